The van der Waals surface area contributed by atoms with Crippen LogP contribution in [0.4, 0.5) is 0 Å². The van der Waals surface area contributed by atoms with Gasteiger partial charge >= 0.3 is 5.97 Å². The third kappa shape index (κ3) is 4.21. The van der Waals surface area contributed by atoms with Crippen LogP contribution in [-0.2, 0) is 9.59 Å². The standard InChI is InChI=1S/C17H29NO3/c1-13-7-3-4-8-14(13)12-18-15(19)11-17(16(20)21)9-5-2-6-10-17/h13-14H,2-12H2,1H3,(H,18,19)(H,20,21). The van der Waals surface area contributed by atoms with Gasteiger partial charge in [-0.2, -0.15) is 0 Å². The second-order valence-electron chi connectivity index (χ2n) is 7.15. The number of aliphatic carboxylic acids is 1. The maximum Gasteiger partial charge on any atom is 0.310 e. The highest BCUT2D eigenvalue weighted by Gasteiger charge is 2.41. The summed E-state index contributed by atoms with van der Waals surface area (Å²) < 4.78 is 0. The Kier molecular flexibility index (Phi) is 5.65. The van der Waals surface area contributed by atoms with Crippen LogP contribution in [0.25, 0.3) is 0 Å². The Morgan fingerprint density at radius 1 is 1.10 bits per heavy atom. The number of rotatable bonds is 5. The summed E-state index contributed by atoms with van der Waals surface area (Å²) in [6.45, 7) is 2.98. The van der Waals surface area contributed by atoms with Crippen molar-refractivity contribution in [2.75, 3.05) is 6.54 Å². The van der Waals surface area contributed by atoms with E-state index >= 15 is 0 Å². The summed E-state index contributed by atoms with van der Waals surface area (Å²) in [5.74, 6) is 0.373. The van der Waals surface area contributed by atoms with Crippen molar-refractivity contribution in [3.8, 4) is 0 Å². The van der Waals surface area contributed by atoms with Crippen molar-refractivity contribution in [3.63, 3.8) is 0 Å². The van der Waals surface area contributed by atoms with E-state index in [0.717, 1.165) is 25.8 Å². The number of carboxylic acids is 1. The molecule has 0 bridgehead atoms. The maximum absolute atomic E-state index is 12.2. The highest BCUT2D eigenvalue weighted by molar-refractivity contribution is 5.85. The highest BCUT2D eigenvalue weighted by atomic mass is 16.4. The molecule has 0 spiro atoms. The summed E-state index contributed by atoms with van der Waals surface area (Å²) in [5, 5.41) is 12.5. The van der Waals surface area contributed by atoms with E-state index in [1.807, 2.05) is 0 Å². The summed E-state index contributed by atoms with van der Waals surface area (Å²) in [7, 11) is 0. The number of carbonyl (C=O) groups excluding carboxylic acids is 1. The van der Waals surface area contributed by atoms with Gasteiger partial charge in [-0.15, -0.1) is 0 Å². The average Bonchev–Trinajstić information content (AvgIpc) is 2.47. The predicted molar refractivity (Wildman–Crippen MR) is 81.9 cm³/mol. The Bertz CT molecular complexity index is 374. The summed E-state index contributed by atoms with van der Waals surface area (Å²) in [5.41, 5.74) is -0.805. The second kappa shape index (κ2) is 7.28. The van der Waals surface area contributed by atoms with Gasteiger partial charge in [0, 0.05) is 13.0 Å². The van der Waals surface area contributed by atoms with Gasteiger partial charge in [0.2, 0.25) is 5.91 Å². The molecule has 2 rings (SSSR count). The van der Waals surface area contributed by atoms with E-state index in [1.165, 1.54) is 25.7 Å². The van der Waals surface area contributed by atoms with E-state index < -0.39 is 11.4 Å². The van der Waals surface area contributed by atoms with Crippen molar-refractivity contribution in [2.45, 2.75) is 71.1 Å². The molecule has 0 aromatic carbocycles. The molecular formula is C17H29NO3. The first-order valence-corrected chi connectivity index (χ1v) is 8.54. The average molecular weight is 295 g/mol. The fraction of sp³-hybridized carbons (Fsp3) is 0.882. The molecule has 2 saturated carbocycles. The molecule has 0 radical (unpaired) electrons. The van der Waals surface area contributed by atoms with Gasteiger partial charge in [-0.25, -0.2) is 0 Å². The van der Waals surface area contributed by atoms with Gasteiger partial charge in [0.1, 0.15) is 0 Å². The van der Waals surface area contributed by atoms with Gasteiger partial charge < -0.3 is 10.4 Å². The Labute approximate surface area is 127 Å². The third-order valence-electron chi connectivity index (χ3n) is 5.61. The number of nitrogens with one attached hydrogen (secondary N) is 1. The Morgan fingerprint density at radius 3 is 2.38 bits per heavy atom. The molecule has 2 aliphatic carbocycles. The molecule has 0 aromatic heterocycles. The van der Waals surface area contributed by atoms with E-state index in [4.69, 9.17) is 0 Å². The van der Waals surface area contributed by atoms with Crippen molar-refractivity contribution >= 4 is 11.9 Å². The summed E-state index contributed by atoms with van der Waals surface area (Å²) >= 11 is 0. The summed E-state index contributed by atoms with van der Waals surface area (Å²) in [4.78, 5) is 23.8. The molecule has 2 fully saturated rings. The van der Waals surface area contributed by atoms with Gasteiger partial charge in [0.15, 0.2) is 0 Å². The zero-order valence-corrected chi connectivity index (χ0v) is 13.2. The number of carboxylic acid groups (broad SMARTS) is 1. The largest absolute Gasteiger partial charge is 0.481 e. The van der Waals surface area contributed by atoms with Gasteiger partial charge in [-0.1, -0.05) is 45.4 Å². The van der Waals surface area contributed by atoms with Crippen LogP contribution in [-0.4, -0.2) is 23.5 Å². The second-order valence-corrected chi connectivity index (χ2v) is 7.15. The van der Waals surface area contributed by atoms with Crippen molar-refractivity contribution in [1.29, 1.82) is 0 Å². The number of hydrogen-bond donors (Lipinski definition) is 2. The predicted octanol–water partition coefficient (Wildman–Crippen LogP) is 3.35. The van der Waals surface area contributed by atoms with Crippen LogP contribution < -0.4 is 5.32 Å². The fourth-order valence-corrected chi connectivity index (χ4v) is 4.01. The van der Waals surface area contributed by atoms with E-state index in [2.05, 4.69) is 12.2 Å². The lowest BCUT2D eigenvalue weighted by Crippen LogP contribution is -2.41. The molecule has 0 aliphatic heterocycles. The van der Waals surface area contributed by atoms with E-state index in [9.17, 15) is 14.7 Å². The zero-order valence-electron chi connectivity index (χ0n) is 13.2. The molecule has 21 heavy (non-hydrogen) atoms. The van der Waals surface area contributed by atoms with Crippen LogP contribution in [0, 0.1) is 17.3 Å². The van der Waals surface area contributed by atoms with Crippen LogP contribution in [0.2, 0.25) is 0 Å². The first kappa shape index (κ1) is 16.3. The summed E-state index contributed by atoms with van der Waals surface area (Å²) in [6, 6.07) is 0. The molecule has 0 heterocycles. The molecule has 2 atom stereocenters. The Balaban J connectivity index is 1.83. The molecule has 120 valence electrons. The minimum atomic E-state index is -0.805. The number of hydrogen-bond acceptors (Lipinski definition) is 2. The Hall–Kier alpha value is -1.06. The van der Waals surface area contributed by atoms with Gasteiger partial charge in [0.25, 0.3) is 0 Å². The number of carbonyl (C=O) groups is 2. The van der Waals surface area contributed by atoms with Gasteiger partial charge in [-0.05, 0) is 31.1 Å². The minimum absolute atomic E-state index is 0.0722. The van der Waals surface area contributed by atoms with Crippen molar-refractivity contribution in [3.05, 3.63) is 0 Å². The first-order chi connectivity index (χ1) is 10.0. The molecule has 0 aromatic rings. The fourth-order valence-electron chi connectivity index (χ4n) is 4.01. The van der Waals surface area contributed by atoms with Crippen LogP contribution in [0.1, 0.15) is 71.1 Å². The molecule has 4 nitrogen and oxygen atoms in total. The van der Waals surface area contributed by atoms with Crippen LogP contribution >= 0.6 is 0 Å². The summed E-state index contributed by atoms with van der Waals surface area (Å²) in [6.07, 6.45) is 9.39. The molecular weight excluding hydrogens is 266 g/mol. The van der Waals surface area contributed by atoms with Crippen molar-refractivity contribution in [1.82, 2.24) is 5.32 Å². The Morgan fingerprint density at radius 2 is 1.76 bits per heavy atom. The number of amides is 1. The van der Waals surface area contributed by atoms with Crippen LogP contribution in [0.15, 0.2) is 0 Å². The van der Waals surface area contributed by atoms with Gasteiger partial charge in [-0.3, -0.25) is 9.59 Å². The molecule has 2 aliphatic rings. The highest BCUT2D eigenvalue weighted by Crippen LogP contribution is 2.39. The van der Waals surface area contributed by atoms with Gasteiger partial charge in [0.05, 0.1) is 5.41 Å². The normalized spacial score (nSPS) is 28.8. The maximum atomic E-state index is 12.2. The first-order valence-electron chi connectivity index (χ1n) is 8.54. The van der Waals surface area contributed by atoms with Crippen LogP contribution in [0.5, 0.6) is 0 Å². The monoisotopic (exact) mass is 295 g/mol. The van der Waals surface area contributed by atoms with Crippen molar-refractivity contribution in [2.24, 2.45) is 17.3 Å². The molecule has 1 amide bonds. The van der Waals surface area contributed by atoms with Crippen molar-refractivity contribution < 1.29 is 14.7 Å². The molecule has 0 saturated heterocycles. The lowest BCUT2D eigenvalue weighted by molar-refractivity contribution is -0.154. The minimum Gasteiger partial charge on any atom is -0.481 e. The van der Waals surface area contributed by atoms with E-state index in [1.54, 1.807) is 0 Å². The quantitative estimate of drug-likeness (QED) is 0.817. The lowest BCUT2D eigenvalue weighted by atomic mass is 9.71. The van der Waals surface area contributed by atoms with E-state index in [0.29, 0.717) is 24.7 Å². The van der Waals surface area contributed by atoms with Crippen LogP contribution in [0.3, 0.4) is 0 Å². The smallest absolute Gasteiger partial charge is 0.310 e. The third-order valence-corrected chi connectivity index (χ3v) is 5.61. The zero-order chi connectivity index (χ0) is 15.3. The topological polar surface area (TPSA) is 66.4 Å². The molecule has 2 unspecified atom stereocenters. The SMILES string of the molecule is CC1CCCCC1CNC(=O)CC1(C(=O)O)CCCCC1. The molecule has 4 heteroatoms. The lowest BCUT2D eigenvalue weighted by Gasteiger charge is -2.33. The molecule has 2 N–H and O–H groups in total. The van der Waals surface area contributed by atoms with E-state index in [-0.39, 0.29) is 12.3 Å².